The van der Waals surface area contributed by atoms with Crippen molar-refractivity contribution < 1.29 is 4.79 Å². The Kier molecular flexibility index (Phi) is 4.36. The SMILES string of the molecule is CC1CCN(C(=O)c2ccc(NC3CCCC3)nn2)CC1. The van der Waals surface area contributed by atoms with Crippen molar-refractivity contribution in [2.75, 3.05) is 18.4 Å². The largest absolute Gasteiger partial charge is 0.366 e. The number of rotatable bonds is 3. The first-order valence-electron chi connectivity index (χ1n) is 8.12. The summed E-state index contributed by atoms with van der Waals surface area (Å²) in [6, 6.07) is 4.19. The Bertz CT molecular complexity index is 474. The summed E-state index contributed by atoms with van der Waals surface area (Å²) in [7, 11) is 0. The molecule has 0 spiro atoms. The lowest BCUT2D eigenvalue weighted by molar-refractivity contribution is 0.0690. The number of hydrogen-bond acceptors (Lipinski definition) is 4. The third-order valence-electron chi connectivity index (χ3n) is 4.66. The minimum Gasteiger partial charge on any atom is -0.366 e. The first-order valence-corrected chi connectivity index (χ1v) is 8.12. The summed E-state index contributed by atoms with van der Waals surface area (Å²) in [5.74, 6) is 1.52. The van der Waals surface area contributed by atoms with Gasteiger partial charge >= 0.3 is 0 Å². The van der Waals surface area contributed by atoms with Gasteiger partial charge in [0.05, 0.1) is 0 Å². The number of nitrogens with zero attached hydrogens (tertiary/aromatic N) is 3. The molecule has 1 amide bonds. The molecule has 3 rings (SSSR count). The molecule has 0 bridgehead atoms. The molecule has 2 heterocycles. The third-order valence-corrected chi connectivity index (χ3v) is 4.66. The monoisotopic (exact) mass is 288 g/mol. The highest BCUT2D eigenvalue weighted by atomic mass is 16.2. The molecule has 1 aromatic heterocycles. The molecule has 1 aliphatic carbocycles. The van der Waals surface area contributed by atoms with Gasteiger partial charge in [0.15, 0.2) is 5.69 Å². The van der Waals surface area contributed by atoms with E-state index in [0.29, 0.717) is 11.7 Å². The van der Waals surface area contributed by atoms with Gasteiger partial charge in [0.25, 0.3) is 5.91 Å². The fourth-order valence-corrected chi connectivity index (χ4v) is 3.18. The van der Waals surface area contributed by atoms with Crippen LogP contribution in [0, 0.1) is 5.92 Å². The van der Waals surface area contributed by atoms with Crippen molar-refractivity contribution in [2.45, 2.75) is 51.5 Å². The molecule has 1 saturated carbocycles. The Hall–Kier alpha value is -1.65. The predicted molar refractivity (Wildman–Crippen MR) is 82.2 cm³/mol. The number of carbonyl (C=O) groups is 1. The second-order valence-electron chi connectivity index (χ2n) is 6.40. The molecular weight excluding hydrogens is 264 g/mol. The Morgan fingerprint density at radius 3 is 2.48 bits per heavy atom. The molecule has 1 aromatic rings. The van der Waals surface area contributed by atoms with Gasteiger partial charge in [-0.1, -0.05) is 19.8 Å². The lowest BCUT2D eigenvalue weighted by atomic mass is 9.99. The second kappa shape index (κ2) is 6.41. The topological polar surface area (TPSA) is 58.1 Å². The fraction of sp³-hybridized carbons (Fsp3) is 0.688. The maximum absolute atomic E-state index is 12.4. The molecule has 1 aliphatic heterocycles. The van der Waals surface area contributed by atoms with E-state index in [4.69, 9.17) is 0 Å². The Morgan fingerprint density at radius 2 is 1.86 bits per heavy atom. The van der Waals surface area contributed by atoms with Gasteiger partial charge in [-0.05, 0) is 43.7 Å². The van der Waals surface area contributed by atoms with E-state index in [0.717, 1.165) is 37.7 Å². The van der Waals surface area contributed by atoms with Crippen LogP contribution in [0.5, 0.6) is 0 Å². The molecule has 2 fully saturated rings. The molecular formula is C16H24N4O. The lowest BCUT2D eigenvalue weighted by Crippen LogP contribution is -2.38. The van der Waals surface area contributed by atoms with Crippen molar-refractivity contribution in [3.8, 4) is 0 Å². The fourth-order valence-electron chi connectivity index (χ4n) is 3.18. The highest BCUT2D eigenvalue weighted by molar-refractivity contribution is 5.92. The molecule has 1 N–H and O–H groups in total. The van der Waals surface area contributed by atoms with Crippen molar-refractivity contribution in [2.24, 2.45) is 5.92 Å². The highest BCUT2D eigenvalue weighted by Crippen LogP contribution is 2.21. The lowest BCUT2D eigenvalue weighted by Gasteiger charge is -2.29. The number of hydrogen-bond donors (Lipinski definition) is 1. The maximum atomic E-state index is 12.4. The number of aromatic nitrogens is 2. The van der Waals surface area contributed by atoms with Crippen LogP contribution in [0.4, 0.5) is 5.82 Å². The zero-order valence-electron chi connectivity index (χ0n) is 12.7. The van der Waals surface area contributed by atoms with Gasteiger partial charge in [-0.25, -0.2) is 0 Å². The first-order chi connectivity index (χ1) is 10.2. The Labute approximate surface area is 126 Å². The predicted octanol–water partition coefficient (Wildman–Crippen LogP) is 2.70. The third kappa shape index (κ3) is 3.52. The van der Waals surface area contributed by atoms with Gasteiger partial charge in [0.1, 0.15) is 5.82 Å². The highest BCUT2D eigenvalue weighted by Gasteiger charge is 2.22. The van der Waals surface area contributed by atoms with Crippen LogP contribution in [0.1, 0.15) is 55.9 Å². The standard InChI is InChI=1S/C16H24N4O/c1-12-8-10-20(11-9-12)16(21)14-6-7-15(19-18-14)17-13-4-2-3-5-13/h6-7,12-13H,2-5,8-11H2,1H3,(H,17,19). The van der Waals surface area contributed by atoms with E-state index in [1.165, 1.54) is 25.7 Å². The zero-order valence-corrected chi connectivity index (χ0v) is 12.7. The minimum absolute atomic E-state index is 0.0156. The van der Waals surface area contributed by atoms with Crippen molar-refractivity contribution in [1.29, 1.82) is 0 Å². The van der Waals surface area contributed by atoms with Crippen LogP contribution in [0.15, 0.2) is 12.1 Å². The summed E-state index contributed by atoms with van der Waals surface area (Å²) in [6.45, 7) is 3.92. The van der Waals surface area contributed by atoms with Crippen LogP contribution < -0.4 is 5.32 Å². The molecule has 21 heavy (non-hydrogen) atoms. The molecule has 2 aliphatic rings. The van der Waals surface area contributed by atoms with Crippen molar-refractivity contribution in [3.05, 3.63) is 17.8 Å². The van der Waals surface area contributed by atoms with E-state index < -0.39 is 0 Å². The normalized spacial score (nSPS) is 20.7. The molecule has 5 nitrogen and oxygen atoms in total. The van der Waals surface area contributed by atoms with Crippen LogP contribution in [0.3, 0.4) is 0 Å². The number of piperidine rings is 1. The molecule has 0 aromatic carbocycles. The number of likely N-dealkylation sites (tertiary alicyclic amines) is 1. The summed E-state index contributed by atoms with van der Waals surface area (Å²) in [6.07, 6.45) is 7.15. The van der Waals surface area contributed by atoms with E-state index in [1.54, 1.807) is 6.07 Å². The number of anilines is 1. The van der Waals surface area contributed by atoms with Crippen molar-refractivity contribution >= 4 is 11.7 Å². The minimum atomic E-state index is 0.0156. The van der Waals surface area contributed by atoms with E-state index >= 15 is 0 Å². The van der Waals surface area contributed by atoms with Crippen LogP contribution in [0.25, 0.3) is 0 Å². The van der Waals surface area contributed by atoms with Crippen molar-refractivity contribution in [3.63, 3.8) is 0 Å². The Balaban J connectivity index is 1.59. The van der Waals surface area contributed by atoms with E-state index in [2.05, 4.69) is 22.4 Å². The van der Waals surface area contributed by atoms with E-state index in [1.807, 2.05) is 11.0 Å². The van der Waals surface area contributed by atoms with Gasteiger partial charge < -0.3 is 10.2 Å². The number of nitrogens with one attached hydrogen (secondary N) is 1. The van der Waals surface area contributed by atoms with E-state index in [-0.39, 0.29) is 5.91 Å². The summed E-state index contributed by atoms with van der Waals surface area (Å²) in [5, 5.41) is 11.7. The van der Waals surface area contributed by atoms with E-state index in [9.17, 15) is 4.79 Å². The zero-order chi connectivity index (χ0) is 14.7. The summed E-state index contributed by atoms with van der Waals surface area (Å²) in [5.41, 5.74) is 0.460. The van der Waals surface area contributed by atoms with Crippen LogP contribution >= 0.6 is 0 Å². The second-order valence-corrected chi connectivity index (χ2v) is 6.40. The molecule has 0 radical (unpaired) electrons. The average Bonchev–Trinajstić information content (AvgIpc) is 3.01. The molecule has 5 heteroatoms. The molecule has 1 saturated heterocycles. The van der Waals surface area contributed by atoms with Gasteiger partial charge in [-0.15, -0.1) is 10.2 Å². The summed E-state index contributed by atoms with van der Waals surface area (Å²) < 4.78 is 0. The van der Waals surface area contributed by atoms with Gasteiger partial charge in [0, 0.05) is 19.1 Å². The quantitative estimate of drug-likeness (QED) is 0.929. The smallest absolute Gasteiger partial charge is 0.274 e. The maximum Gasteiger partial charge on any atom is 0.274 e. The van der Waals surface area contributed by atoms with Crippen LogP contribution in [-0.4, -0.2) is 40.1 Å². The van der Waals surface area contributed by atoms with Crippen molar-refractivity contribution in [1.82, 2.24) is 15.1 Å². The summed E-state index contributed by atoms with van der Waals surface area (Å²) >= 11 is 0. The number of amides is 1. The van der Waals surface area contributed by atoms with Gasteiger partial charge in [0.2, 0.25) is 0 Å². The number of carbonyl (C=O) groups excluding carboxylic acids is 1. The summed E-state index contributed by atoms with van der Waals surface area (Å²) in [4.78, 5) is 14.3. The molecule has 114 valence electrons. The van der Waals surface area contributed by atoms with Gasteiger partial charge in [-0.2, -0.15) is 0 Å². The van der Waals surface area contributed by atoms with Gasteiger partial charge in [-0.3, -0.25) is 4.79 Å². The molecule has 0 atom stereocenters. The average molecular weight is 288 g/mol. The first kappa shape index (κ1) is 14.3. The molecule has 0 unspecified atom stereocenters. The Morgan fingerprint density at radius 1 is 1.14 bits per heavy atom. The van der Waals surface area contributed by atoms with Crippen LogP contribution in [0.2, 0.25) is 0 Å². The van der Waals surface area contributed by atoms with Crippen LogP contribution in [-0.2, 0) is 0 Å².